The Bertz CT molecular complexity index is 206. The lowest BCUT2D eigenvalue weighted by molar-refractivity contribution is -0.138. The molecule has 0 aromatic heterocycles. The van der Waals surface area contributed by atoms with Crippen LogP contribution in [0.1, 0.15) is 46.0 Å². The lowest BCUT2D eigenvalue weighted by Crippen LogP contribution is -2.46. The van der Waals surface area contributed by atoms with Gasteiger partial charge in [-0.1, -0.05) is 13.3 Å². The van der Waals surface area contributed by atoms with E-state index in [1.54, 1.807) is 0 Å². The van der Waals surface area contributed by atoms with E-state index < -0.39 is 0 Å². The van der Waals surface area contributed by atoms with Gasteiger partial charge in [0, 0.05) is 19.1 Å². The quantitative estimate of drug-likeness (QED) is 0.772. The summed E-state index contributed by atoms with van der Waals surface area (Å²) in [6.45, 7) is 5.68. The van der Waals surface area contributed by atoms with Gasteiger partial charge in [-0.15, -0.1) is 0 Å². The van der Waals surface area contributed by atoms with Crippen molar-refractivity contribution in [2.24, 2.45) is 11.7 Å². The van der Waals surface area contributed by atoms with Gasteiger partial charge < -0.3 is 10.6 Å². The maximum absolute atomic E-state index is 12.2. The lowest BCUT2D eigenvalue weighted by atomic mass is 9.97. The summed E-state index contributed by atoms with van der Waals surface area (Å²) in [4.78, 5) is 14.2. The Morgan fingerprint density at radius 1 is 1.53 bits per heavy atom. The number of carbonyl (C=O) groups excluding carboxylic acids is 1. The van der Waals surface area contributed by atoms with E-state index in [1.165, 1.54) is 6.42 Å². The Morgan fingerprint density at radius 3 is 2.80 bits per heavy atom. The van der Waals surface area contributed by atoms with Crippen LogP contribution in [0.5, 0.6) is 0 Å². The van der Waals surface area contributed by atoms with E-state index in [9.17, 15) is 4.79 Å². The predicted molar refractivity (Wildman–Crippen MR) is 62.5 cm³/mol. The third kappa shape index (κ3) is 3.20. The topological polar surface area (TPSA) is 46.3 Å². The highest BCUT2D eigenvalue weighted by Gasteiger charge is 2.27. The van der Waals surface area contributed by atoms with Gasteiger partial charge in [0.15, 0.2) is 0 Å². The van der Waals surface area contributed by atoms with Gasteiger partial charge in [0.05, 0.1) is 5.92 Å². The van der Waals surface area contributed by atoms with Crippen molar-refractivity contribution in [1.29, 1.82) is 0 Å². The van der Waals surface area contributed by atoms with Gasteiger partial charge in [0.25, 0.3) is 0 Å². The van der Waals surface area contributed by atoms with Gasteiger partial charge in [0.2, 0.25) is 5.91 Å². The number of amides is 1. The van der Waals surface area contributed by atoms with E-state index >= 15 is 0 Å². The highest BCUT2D eigenvalue weighted by Crippen LogP contribution is 2.20. The molecule has 15 heavy (non-hydrogen) atoms. The number of hydrogen-bond donors (Lipinski definition) is 1. The molecule has 3 heteroatoms. The fourth-order valence-corrected chi connectivity index (χ4v) is 2.35. The zero-order chi connectivity index (χ0) is 11.3. The van der Waals surface area contributed by atoms with Gasteiger partial charge >= 0.3 is 0 Å². The van der Waals surface area contributed by atoms with Crippen LogP contribution < -0.4 is 5.73 Å². The Labute approximate surface area is 93.0 Å². The summed E-state index contributed by atoms with van der Waals surface area (Å²) >= 11 is 0. The predicted octanol–water partition coefficient (Wildman–Crippen LogP) is 1.76. The van der Waals surface area contributed by atoms with Crippen molar-refractivity contribution < 1.29 is 4.79 Å². The van der Waals surface area contributed by atoms with Crippen LogP contribution >= 0.6 is 0 Å². The van der Waals surface area contributed by atoms with Crippen molar-refractivity contribution in [1.82, 2.24) is 4.90 Å². The molecule has 2 unspecified atom stereocenters. The summed E-state index contributed by atoms with van der Waals surface area (Å²) in [6, 6.07) is 0.414. The van der Waals surface area contributed by atoms with E-state index in [1.807, 2.05) is 4.90 Å². The van der Waals surface area contributed by atoms with Crippen LogP contribution in [0.25, 0.3) is 0 Å². The maximum Gasteiger partial charge on any atom is 0.227 e. The second kappa shape index (κ2) is 6.11. The summed E-state index contributed by atoms with van der Waals surface area (Å²) in [6.07, 6.45) is 5.52. The third-order valence-electron chi connectivity index (χ3n) is 3.36. The number of carbonyl (C=O) groups is 1. The smallest absolute Gasteiger partial charge is 0.227 e. The average molecular weight is 212 g/mol. The number of nitrogens with two attached hydrogens (primary N) is 1. The summed E-state index contributed by atoms with van der Waals surface area (Å²) in [5, 5.41) is 0. The number of likely N-dealkylation sites (tertiary alicyclic amines) is 1. The number of rotatable bonds is 4. The minimum Gasteiger partial charge on any atom is -0.340 e. The number of hydrogen-bond acceptors (Lipinski definition) is 2. The van der Waals surface area contributed by atoms with Gasteiger partial charge in [0.1, 0.15) is 0 Å². The largest absolute Gasteiger partial charge is 0.340 e. The molecule has 2 atom stereocenters. The van der Waals surface area contributed by atoms with Crippen LogP contribution in [0, 0.1) is 5.92 Å². The first-order valence-corrected chi connectivity index (χ1v) is 6.21. The van der Waals surface area contributed by atoms with Crippen LogP contribution in [0.15, 0.2) is 0 Å². The highest BCUT2D eigenvalue weighted by molar-refractivity contribution is 5.79. The number of nitrogens with zero attached hydrogens (tertiary/aromatic N) is 1. The molecule has 1 amide bonds. The van der Waals surface area contributed by atoms with Crippen LogP contribution in [0.2, 0.25) is 0 Å². The van der Waals surface area contributed by atoms with Crippen LogP contribution in [0.4, 0.5) is 0 Å². The van der Waals surface area contributed by atoms with Crippen molar-refractivity contribution in [2.45, 2.75) is 52.0 Å². The van der Waals surface area contributed by atoms with Crippen molar-refractivity contribution in [2.75, 3.05) is 13.1 Å². The second-order valence-corrected chi connectivity index (χ2v) is 4.60. The molecule has 1 aliphatic heterocycles. The van der Waals surface area contributed by atoms with Crippen LogP contribution in [-0.2, 0) is 4.79 Å². The van der Waals surface area contributed by atoms with Gasteiger partial charge in [-0.25, -0.2) is 0 Å². The summed E-state index contributed by atoms with van der Waals surface area (Å²) in [7, 11) is 0. The molecule has 0 bridgehead atoms. The van der Waals surface area contributed by atoms with E-state index in [0.717, 1.165) is 32.2 Å². The van der Waals surface area contributed by atoms with Crippen LogP contribution in [0.3, 0.4) is 0 Å². The normalized spacial score (nSPS) is 23.9. The van der Waals surface area contributed by atoms with E-state index in [-0.39, 0.29) is 11.8 Å². The summed E-state index contributed by atoms with van der Waals surface area (Å²) in [5.74, 6) is 0.335. The molecular formula is C12H24N2O. The summed E-state index contributed by atoms with van der Waals surface area (Å²) < 4.78 is 0. The molecule has 1 saturated heterocycles. The molecule has 1 heterocycles. The van der Waals surface area contributed by atoms with Gasteiger partial charge in [-0.05, 0) is 32.6 Å². The van der Waals surface area contributed by atoms with E-state index in [2.05, 4.69) is 13.8 Å². The molecule has 1 aliphatic rings. The van der Waals surface area contributed by atoms with Gasteiger partial charge in [-0.3, -0.25) is 4.79 Å². The van der Waals surface area contributed by atoms with Crippen LogP contribution in [-0.4, -0.2) is 29.9 Å². The monoisotopic (exact) mass is 212 g/mol. The zero-order valence-corrected chi connectivity index (χ0v) is 10.0. The minimum absolute atomic E-state index is 0.0514. The molecule has 2 N–H and O–H groups in total. The molecule has 0 aliphatic carbocycles. The Kier molecular flexibility index (Phi) is 5.09. The first-order chi connectivity index (χ1) is 7.20. The second-order valence-electron chi connectivity index (χ2n) is 4.60. The molecule has 0 spiro atoms. The fourth-order valence-electron chi connectivity index (χ4n) is 2.35. The molecule has 3 nitrogen and oxygen atoms in total. The van der Waals surface area contributed by atoms with E-state index in [0.29, 0.717) is 12.6 Å². The Hall–Kier alpha value is -0.570. The van der Waals surface area contributed by atoms with Crippen molar-refractivity contribution in [3.63, 3.8) is 0 Å². The molecule has 1 fully saturated rings. The van der Waals surface area contributed by atoms with Gasteiger partial charge in [-0.2, -0.15) is 0 Å². The Balaban J connectivity index is 2.55. The standard InChI is InChI=1S/C12H24N2O/c1-3-6-11(9-13)12(15)14-8-5-4-7-10(14)2/h10-11H,3-9,13H2,1-2H3. The number of piperidine rings is 1. The maximum atomic E-state index is 12.2. The molecule has 88 valence electrons. The Morgan fingerprint density at radius 2 is 2.27 bits per heavy atom. The van der Waals surface area contributed by atoms with Crippen molar-refractivity contribution in [3.05, 3.63) is 0 Å². The van der Waals surface area contributed by atoms with Crippen molar-refractivity contribution >= 4 is 5.91 Å². The molecule has 0 aromatic carbocycles. The zero-order valence-electron chi connectivity index (χ0n) is 10.0. The molecule has 0 saturated carbocycles. The SMILES string of the molecule is CCCC(CN)C(=O)N1CCCCC1C. The fraction of sp³-hybridized carbons (Fsp3) is 0.917. The minimum atomic E-state index is 0.0514. The van der Waals surface area contributed by atoms with E-state index in [4.69, 9.17) is 5.73 Å². The first-order valence-electron chi connectivity index (χ1n) is 6.21. The highest BCUT2D eigenvalue weighted by atomic mass is 16.2. The molecule has 0 radical (unpaired) electrons. The third-order valence-corrected chi connectivity index (χ3v) is 3.36. The summed E-state index contributed by atoms with van der Waals surface area (Å²) in [5.41, 5.74) is 5.66. The molecule has 1 rings (SSSR count). The van der Waals surface area contributed by atoms with Crippen molar-refractivity contribution in [3.8, 4) is 0 Å². The molecular weight excluding hydrogens is 188 g/mol. The average Bonchev–Trinajstić information content (AvgIpc) is 2.25. The molecule has 0 aromatic rings. The lowest BCUT2D eigenvalue weighted by Gasteiger charge is -2.35. The first kappa shape index (κ1) is 12.5.